The minimum Gasteiger partial charge on any atom is -0.322 e. The molecule has 114 valence electrons. The van der Waals surface area contributed by atoms with Crippen molar-refractivity contribution in [3.63, 3.8) is 0 Å². The van der Waals surface area contributed by atoms with E-state index in [9.17, 15) is 4.79 Å². The first-order valence-corrected chi connectivity index (χ1v) is 8.10. The average molecular weight is 328 g/mol. The van der Waals surface area contributed by atoms with Gasteiger partial charge in [-0.15, -0.1) is 0 Å². The Hall–Kier alpha value is -0.970. The fourth-order valence-corrected chi connectivity index (χ4v) is 3.15. The second-order valence-electron chi connectivity index (χ2n) is 5.82. The van der Waals surface area contributed by atoms with Crippen molar-refractivity contribution in [1.82, 2.24) is 9.80 Å². The van der Waals surface area contributed by atoms with Crippen molar-refractivity contribution in [2.45, 2.75) is 12.8 Å². The first-order chi connectivity index (χ1) is 10.1. The highest BCUT2D eigenvalue weighted by Gasteiger charge is 2.27. The van der Waals surface area contributed by atoms with E-state index in [2.05, 4.69) is 10.2 Å². The van der Waals surface area contributed by atoms with Gasteiger partial charge in [-0.05, 0) is 37.0 Å². The average Bonchev–Trinajstić information content (AvgIpc) is 3.22. The summed E-state index contributed by atoms with van der Waals surface area (Å²) in [5.74, 6) is 0.902. The van der Waals surface area contributed by atoms with Gasteiger partial charge in [0.1, 0.15) is 0 Å². The van der Waals surface area contributed by atoms with Crippen molar-refractivity contribution in [2.24, 2.45) is 5.92 Å². The number of nitrogens with zero attached hydrogens (tertiary/aromatic N) is 2. The normalized spacial score (nSPS) is 19.6. The lowest BCUT2D eigenvalue weighted by Crippen LogP contribution is -2.50. The molecule has 1 saturated heterocycles. The number of hydrogen-bond acceptors (Lipinski definition) is 2. The first kappa shape index (κ1) is 14.9. The predicted octanol–water partition coefficient (Wildman–Crippen LogP) is 3.55. The minimum atomic E-state index is -0.0839. The first-order valence-electron chi connectivity index (χ1n) is 7.34. The SMILES string of the molecule is O=C(Nc1cc(Cl)cc(Cl)c1)N1CCN(CC2CC2)CC1. The number of anilines is 1. The highest BCUT2D eigenvalue weighted by atomic mass is 35.5. The monoisotopic (exact) mass is 327 g/mol. The maximum atomic E-state index is 12.2. The molecule has 0 spiro atoms. The number of urea groups is 1. The molecule has 1 aromatic carbocycles. The highest BCUT2D eigenvalue weighted by molar-refractivity contribution is 6.35. The van der Waals surface area contributed by atoms with Crippen LogP contribution in [0.2, 0.25) is 10.0 Å². The van der Waals surface area contributed by atoms with Crippen LogP contribution in [0.3, 0.4) is 0 Å². The number of amides is 2. The number of carbonyl (C=O) groups excluding carboxylic acids is 1. The maximum Gasteiger partial charge on any atom is 0.321 e. The molecular formula is C15H19Cl2N3O. The van der Waals surface area contributed by atoms with Crippen LogP contribution in [0.5, 0.6) is 0 Å². The van der Waals surface area contributed by atoms with Crippen LogP contribution in [-0.2, 0) is 0 Å². The molecular weight excluding hydrogens is 309 g/mol. The lowest BCUT2D eigenvalue weighted by molar-refractivity contribution is 0.144. The van der Waals surface area contributed by atoms with Crippen molar-refractivity contribution < 1.29 is 4.79 Å². The molecule has 4 nitrogen and oxygen atoms in total. The van der Waals surface area contributed by atoms with Crippen molar-refractivity contribution >= 4 is 34.9 Å². The van der Waals surface area contributed by atoms with E-state index in [-0.39, 0.29) is 6.03 Å². The Morgan fingerprint density at radius 1 is 1.10 bits per heavy atom. The van der Waals surface area contributed by atoms with E-state index in [4.69, 9.17) is 23.2 Å². The molecule has 0 bridgehead atoms. The van der Waals surface area contributed by atoms with E-state index in [1.807, 2.05) is 4.90 Å². The molecule has 0 radical (unpaired) electrons. The summed E-state index contributed by atoms with van der Waals surface area (Å²) in [4.78, 5) is 16.5. The number of hydrogen-bond donors (Lipinski definition) is 1. The van der Waals surface area contributed by atoms with E-state index in [0.29, 0.717) is 15.7 Å². The molecule has 1 N–H and O–H groups in total. The molecule has 1 aliphatic heterocycles. The smallest absolute Gasteiger partial charge is 0.321 e. The third-order valence-corrected chi connectivity index (χ3v) is 4.42. The number of piperazine rings is 1. The molecule has 0 atom stereocenters. The van der Waals surface area contributed by atoms with Crippen LogP contribution in [0.4, 0.5) is 10.5 Å². The Morgan fingerprint density at radius 2 is 1.71 bits per heavy atom. The highest BCUT2D eigenvalue weighted by Crippen LogP contribution is 2.30. The van der Waals surface area contributed by atoms with Crippen LogP contribution in [0, 0.1) is 5.92 Å². The predicted molar refractivity (Wildman–Crippen MR) is 86.2 cm³/mol. The quantitative estimate of drug-likeness (QED) is 0.921. The second kappa shape index (κ2) is 6.42. The zero-order chi connectivity index (χ0) is 14.8. The van der Waals surface area contributed by atoms with Gasteiger partial charge in [0, 0.05) is 48.5 Å². The van der Waals surface area contributed by atoms with E-state index in [1.54, 1.807) is 18.2 Å². The number of halogens is 2. The van der Waals surface area contributed by atoms with Gasteiger partial charge in [0.2, 0.25) is 0 Å². The standard InChI is InChI=1S/C15H19Cl2N3O/c16-12-7-13(17)9-14(8-12)18-15(21)20-5-3-19(4-6-20)10-11-1-2-11/h7-9,11H,1-6,10H2,(H,18,21). The fraction of sp³-hybridized carbons (Fsp3) is 0.533. The molecule has 21 heavy (non-hydrogen) atoms. The molecule has 2 fully saturated rings. The van der Waals surface area contributed by atoms with Gasteiger partial charge in [0.05, 0.1) is 0 Å². The summed E-state index contributed by atoms with van der Waals surface area (Å²) in [5.41, 5.74) is 0.637. The van der Waals surface area contributed by atoms with Crippen LogP contribution >= 0.6 is 23.2 Å². The second-order valence-corrected chi connectivity index (χ2v) is 6.69. The van der Waals surface area contributed by atoms with Gasteiger partial charge < -0.3 is 10.2 Å². The van der Waals surface area contributed by atoms with Gasteiger partial charge in [-0.25, -0.2) is 4.79 Å². The molecule has 1 aromatic rings. The van der Waals surface area contributed by atoms with Crippen LogP contribution in [0.1, 0.15) is 12.8 Å². The Balaban J connectivity index is 1.51. The summed E-state index contributed by atoms with van der Waals surface area (Å²) in [7, 11) is 0. The van der Waals surface area contributed by atoms with Gasteiger partial charge in [-0.3, -0.25) is 4.90 Å². The molecule has 1 aliphatic carbocycles. The van der Waals surface area contributed by atoms with Gasteiger partial charge in [0.15, 0.2) is 0 Å². The third-order valence-electron chi connectivity index (χ3n) is 3.99. The van der Waals surface area contributed by atoms with Crippen LogP contribution in [-0.4, -0.2) is 48.6 Å². The Morgan fingerprint density at radius 3 is 2.29 bits per heavy atom. The molecule has 3 rings (SSSR count). The van der Waals surface area contributed by atoms with Crippen LogP contribution in [0.25, 0.3) is 0 Å². The summed E-state index contributed by atoms with van der Waals surface area (Å²) in [5, 5.41) is 3.90. The number of benzene rings is 1. The fourth-order valence-electron chi connectivity index (χ4n) is 2.63. The molecule has 1 heterocycles. The summed E-state index contributed by atoms with van der Waals surface area (Å²) in [6.45, 7) is 4.65. The zero-order valence-corrected chi connectivity index (χ0v) is 13.3. The van der Waals surface area contributed by atoms with Gasteiger partial charge in [-0.2, -0.15) is 0 Å². The molecule has 0 unspecified atom stereocenters. The summed E-state index contributed by atoms with van der Waals surface area (Å²) >= 11 is 11.9. The maximum absolute atomic E-state index is 12.2. The molecule has 0 aromatic heterocycles. The third kappa shape index (κ3) is 4.25. The number of carbonyl (C=O) groups is 1. The zero-order valence-electron chi connectivity index (χ0n) is 11.8. The lowest BCUT2D eigenvalue weighted by Gasteiger charge is -2.34. The van der Waals surface area contributed by atoms with Crippen molar-refractivity contribution in [3.05, 3.63) is 28.2 Å². The Labute approximate surface area is 135 Å². The summed E-state index contributed by atoms with van der Waals surface area (Å²) < 4.78 is 0. The van der Waals surface area contributed by atoms with Crippen LogP contribution < -0.4 is 5.32 Å². The molecule has 1 saturated carbocycles. The van der Waals surface area contributed by atoms with E-state index < -0.39 is 0 Å². The van der Waals surface area contributed by atoms with Gasteiger partial charge in [0.25, 0.3) is 0 Å². The largest absolute Gasteiger partial charge is 0.322 e. The van der Waals surface area contributed by atoms with Crippen LogP contribution in [0.15, 0.2) is 18.2 Å². The summed E-state index contributed by atoms with van der Waals surface area (Å²) in [6.07, 6.45) is 2.74. The van der Waals surface area contributed by atoms with Crippen molar-refractivity contribution in [2.75, 3.05) is 38.0 Å². The van der Waals surface area contributed by atoms with Crippen molar-refractivity contribution in [3.8, 4) is 0 Å². The summed E-state index contributed by atoms with van der Waals surface area (Å²) in [6, 6.07) is 4.97. The van der Waals surface area contributed by atoms with Crippen molar-refractivity contribution in [1.29, 1.82) is 0 Å². The molecule has 2 aliphatic rings. The molecule has 2 amide bonds. The van der Waals surface area contributed by atoms with E-state index in [1.165, 1.54) is 19.4 Å². The lowest BCUT2D eigenvalue weighted by atomic mass is 10.3. The number of nitrogens with one attached hydrogen (secondary N) is 1. The number of rotatable bonds is 3. The van der Waals surface area contributed by atoms with Gasteiger partial charge >= 0.3 is 6.03 Å². The Kier molecular flexibility index (Phi) is 4.57. The minimum absolute atomic E-state index is 0.0839. The van der Waals surface area contributed by atoms with E-state index >= 15 is 0 Å². The Bertz CT molecular complexity index is 505. The van der Waals surface area contributed by atoms with E-state index in [0.717, 1.165) is 32.1 Å². The van der Waals surface area contributed by atoms with Gasteiger partial charge in [-0.1, -0.05) is 23.2 Å². The topological polar surface area (TPSA) is 35.6 Å². The molecule has 6 heteroatoms.